The third-order valence-electron chi connectivity index (χ3n) is 3.82. The Morgan fingerprint density at radius 3 is 3.00 bits per heavy atom. The lowest BCUT2D eigenvalue weighted by Crippen LogP contribution is -2.24. The van der Waals surface area contributed by atoms with Crippen molar-refractivity contribution in [2.24, 2.45) is 0 Å². The molecule has 1 aliphatic rings. The van der Waals surface area contributed by atoms with E-state index in [9.17, 15) is 4.79 Å². The first-order valence-electron chi connectivity index (χ1n) is 7.14. The Bertz CT molecular complexity index is 763. The summed E-state index contributed by atoms with van der Waals surface area (Å²) in [6.45, 7) is 9.18. The predicted octanol–water partition coefficient (Wildman–Crippen LogP) is 3.53. The van der Waals surface area contributed by atoms with E-state index >= 15 is 0 Å². The maximum absolute atomic E-state index is 11.3. The number of rotatable bonds is 4. The summed E-state index contributed by atoms with van der Waals surface area (Å²) in [4.78, 5) is 11.3. The van der Waals surface area contributed by atoms with Gasteiger partial charge in [-0.2, -0.15) is 0 Å². The number of nitrogens with zero attached hydrogens (tertiary/aromatic N) is 2. The molecule has 0 saturated heterocycles. The van der Waals surface area contributed by atoms with Crippen LogP contribution >= 0.6 is 11.3 Å². The summed E-state index contributed by atoms with van der Waals surface area (Å²) in [6.07, 6.45) is 3.55. The number of carbonyl (C=O) groups excluding carboxylic acids is 1. The minimum atomic E-state index is 0.00346. The van der Waals surface area contributed by atoms with Crippen molar-refractivity contribution < 1.29 is 4.79 Å². The first-order valence-corrected chi connectivity index (χ1v) is 7.96. The van der Waals surface area contributed by atoms with E-state index < -0.39 is 0 Å². The topological polar surface area (TPSA) is 54.9 Å². The Kier molecular flexibility index (Phi) is 3.90. The zero-order valence-electron chi connectivity index (χ0n) is 12.4. The lowest BCUT2D eigenvalue weighted by molar-refractivity contribution is -0.119. The molecule has 0 saturated carbocycles. The van der Waals surface area contributed by atoms with Crippen molar-refractivity contribution in [3.05, 3.63) is 53.6 Å². The molecule has 1 N–H and O–H groups in total. The standard InChI is InChI=1S/C17H17N3OS/c1-4-10(2)16-19-20-17(22-16)14-7-5-6-13-12(14)8-9-15(13)18-11(3)21/h4-7,15H,1-2,8-9H2,3H3,(H,18,21). The molecule has 1 unspecified atom stereocenters. The summed E-state index contributed by atoms with van der Waals surface area (Å²) in [5.74, 6) is 0.00346. The van der Waals surface area contributed by atoms with E-state index in [0.29, 0.717) is 0 Å². The third-order valence-corrected chi connectivity index (χ3v) is 4.86. The molecule has 1 aromatic carbocycles. The van der Waals surface area contributed by atoms with Crippen molar-refractivity contribution in [3.63, 3.8) is 0 Å². The van der Waals surface area contributed by atoms with Crippen LogP contribution in [0.3, 0.4) is 0 Å². The van der Waals surface area contributed by atoms with Crippen molar-refractivity contribution in [2.75, 3.05) is 0 Å². The van der Waals surface area contributed by atoms with E-state index in [0.717, 1.165) is 34.0 Å². The summed E-state index contributed by atoms with van der Waals surface area (Å²) in [5.41, 5.74) is 4.33. The molecule has 5 heteroatoms. The number of hydrogen-bond donors (Lipinski definition) is 1. The summed E-state index contributed by atoms with van der Waals surface area (Å²) in [6, 6.07) is 6.26. The molecule has 3 rings (SSSR count). The van der Waals surface area contributed by atoms with Crippen LogP contribution in [0.2, 0.25) is 0 Å². The summed E-state index contributed by atoms with van der Waals surface area (Å²) >= 11 is 1.52. The van der Waals surface area contributed by atoms with Crippen LogP contribution in [-0.4, -0.2) is 16.1 Å². The molecule has 1 aliphatic carbocycles. The maximum Gasteiger partial charge on any atom is 0.217 e. The Hall–Kier alpha value is -2.27. The molecular weight excluding hydrogens is 294 g/mol. The van der Waals surface area contributed by atoms with E-state index in [1.807, 2.05) is 6.07 Å². The zero-order chi connectivity index (χ0) is 15.7. The highest BCUT2D eigenvalue weighted by Gasteiger charge is 2.26. The van der Waals surface area contributed by atoms with Gasteiger partial charge in [-0.3, -0.25) is 4.79 Å². The number of benzene rings is 1. The number of nitrogens with one attached hydrogen (secondary N) is 1. The average molecular weight is 311 g/mol. The van der Waals surface area contributed by atoms with Gasteiger partial charge < -0.3 is 5.32 Å². The molecule has 112 valence electrons. The van der Waals surface area contributed by atoms with Crippen molar-refractivity contribution >= 4 is 22.8 Å². The van der Waals surface area contributed by atoms with Gasteiger partial charge in [-0.25, -0.2) is 0 Å². The molecule has 1 amide bonds. The number of amides is 1. The van der Waals surface area contributed by atoms with E-state index in [-0.39, 0.29) is 11.9 Å². The van der Waals surface area contributed by atoms with Gasteiger partial charge in [0.25, 0.3) is 0 Å². The molecule has 0 fully saturated rings. The second-order valence-electron chi connectivity index (χ2n) is 5.31. The molecule has 22 heavy (non-hydrogen) atoms. The van der Waals surface area contributed by atoms with Crippen molar-refractivity contribution in [3.8, 4) is 10.6 Å². The Balaban J connectivity index is 1.98. The minimum Gasteiger partial charge on any atom is -0.350 e. The van der Waals surface area contributed by atoms with Crippen molar-refractivity contribution in [1.82, 2.24) is 15.5 Å². The smallest absolute Gasteiger partial charge is 0.217 e. The molecule has 0 aliphatic heterocycles. The monoisotopic (exact) mass is 311 g/mol. The Labute approximate surface area is 133 Å². The summed E-state index contributed by atoms with van der Waals surface area (Å²) in [5, 5.41) is 13.2. The number of allylic oxidation sites excluding steroid dienone is 2. The fourth-order valence-electron chi connectivity index (χ4n) is 2.80. The summed E-state index contributed by atoms with van der Waals surface area (Å²) in [7, 11) is 0. The number of carbonyl (C=O) groups is 1. The van der Waals surface area contributed by atoms with Crippen molar-refractivity contribution in [1.29, 1.82) is 0 Å². The van der Waals surface area contributed by atoms with Gasteiger partial charge in [0, 0.05) is 18.1 Å². The van der Waals surface area contributed by atoms with Crippen molar-refractivity contribution in [2.45, 2.75) is 25.8 Å². The van der Waals surface area contributed by atoms with Gasteiger partial charge in [0.1, 0.15) is 10.0 Å². The van der Waals surface area contributed by atoms with Crippen LogP contribution in [0.1, 0.15) is 35.5 Å². The van der Waals surface area contributed by atoms with Gasteiger partial charge in [-0.1, -0.05) is 48.8 Å². The van der Waals surface area contributed by atoms with E-state index in [1.54, 1.807) is 13.0 Å². The Morgan fingerprint density at radius 2 is 2.27 bits per heavy atom. The molecule has 0 bridgehead atoms. The fraction of sp³-hybridized carbons (Fsp3) is 0.235. The Morgan fingerprint density at radius 1 is 1.45 bits per heavy atom. The van der Waals surface area contributed by atoms with Crippen LogP contribution in [0.5, 0.6) is 0 Å². The normalized spacial score (nSPS) is 16.1. The van der Waals surface area contributed by atoms with Gasteiger partial charge in [0.2, 0.25) is 5.91 Å². The predicted molar refractivity (Wildman–Crippen MR) is 89.5 cm³/mol. The first-order chi connectivity index (χ1) is 10.6. The quantitative estimate of drug-likeness (QED) is 0.879. The molecule has 4 nitrogen and oxygen atoms in total. The van der Waals surface area contributed by atoms with Crippen LogP contribution in [0.4, 0.5) is 0 Å². The summed E-state index contributed by atoms with van der Waals surface area (Å²) < 4.78 is 0. The second kappa shape index (κ2) is 5.85. The zero-order valence-corrected chi connectivity index (χ0v) is 13.2. The second-order valence-corrected chi connectivity index (χ2v) is 6.28. The molecule has 1 atom stereocenters. The average Bonchev–Trinajstić information content (AvgIpc) is 3.13. The van der Waals surface area contributed by atoms with Crippen LogP contribution in [0.15, 0.2) is 37.4 Å². The molecule has 1 heterocycles. The van der Waals surface area contributed by atoms with Gasteiger partial charge in [-0.05, 0) is 24.0 Å². The lowest BCUT2D eigenvalue weighted by Gasteiger charge is -2.13. The number of hydrogen-bond acceptors (Lipinski definition) is 4. The van der Waals surface area contributed by atoms with Gasteiger partial charge in [0.05, 0.1) is 6.04 Å². The van der Waals surface area contributed by atoms with Crippen LogP contribution in [0.25, 0.3) is 16.1 Å². The van der Waals surface area contributed by atoms with Crippen LogP contribution < -0.4 is 5.32 Å². The molecular formula is C17H17N3OS. The van der Waals surface area contributed by atoms with Gasteiger partial charge in [-0.15, -0.1) is 10.2 Å². The van der Waals surface area contributed by atoms with Crippen LogP contribution in [0, 0.1) is 0 Å². The highest BCUT2D eigenvalue weighted by atomic mass is 32.1. The molecule has 0 radical (unpaired) electrons. The SMILES string of the molecule is C=CC(=C)c1nnc(-c2cccc3c2CCC3NC(C)=O)s1. The first kappa shape index (κ1) is 14.7. The lowest BCUT2D eigenvalue weighted by atomic mass is 10.0. The van der Waals surface area contributed by atoms with E-state index in [1.165, 1.54) is 22.5 Å². The molecule has 0 spiro atoms. The maximum atomic E-state index is 11.3. The highest BCUT2D eigenvalue weighted by Crippen LogP contribution is 2.39. The molecule has 2 aromatic rings. The molecule has 1 aromatic heterocycles. The van der Waals surface area contributed by atoms with Gasteiger partial charge in [0.15, 0.2) is 0 Å². The highest BCUT2D eigenvalue weighted by molar-refractivity contribution is 7.15. The largest absolute Gasteiger partial charge is 0.350 e. The van der Waals surface area contributed by atoms with E-state index in [2.05, 4.69) is 40.8 Å². The number of fused-ring (bicyclic) bond motifs is 1. The minimum absolute atomic E-state index is 0.00346. The fourth-order valence-corrected chi connectivity index (χ4v) is 3.66. The third kappa shape index (κ3) is 2.60. The van der Waals surface area contributed by atoms with Crippen LogP contribution in [-0.2, 0) is 11.2 Å². The number of aromatic nitrogens is 2. The van der Waals surface area contributed by atoms with Gasteiger partial charge >= 0.3 is 0 Å². The van der Waals surface area contributed by atoms with E-state index in [4.69, 9.17) is 0 Å².